The minimum Gasteiger partial charge on any atom is -0.314 e. The van der Waals surface area contributed by atoms with Crippen molar-refractivity contribution in [3.05, 3.63) is 35.4 Å². The Hall–Kier alpha value is -1.37. The van der Waals surface area contributed by atoms with Gasteiger partial charge in [0.25, 0.3) is 0 Å². The number of rotatable bonds is 6. The van der Waals surface area contributed by atoms with Gasteiger partial charge in [0.1, 0.15) is 0 Å². The van der Waals surface area contributed by atoms with Crippen LogP contribution in [0.5, 0.6) is 0 Å². The van der Waals surface area contributed by atoms with Crippen molar-refractivity contribution in [3.63, 3.8) is 0 Å². The first-order valence-corrected chi connectivity index (χ1v) is 7.80. The van der Waals surface area contributed by atoms with E-state index in [1.165, 1.54) is 31.2 Å². The van der Waals surface area contributed by atoms with E-state index in [9.17, 15) is 0 Å². The Labute approximate surface area is 122 Å². The van der Waals surface area contributed by atoms with Gasteiger partial charge in [-0.25, -0.2) is 0 Å². The molecule has 0 spiro atoms. The molecule has 108 valence electrons. The summed E-state index contributed by atoms with van der Waals surface area (Å²) >= 11 is 0. The lowest BCUT2D eigenvalue weighted by Crippen LogP contribution is -2.45. The summed E-state index contributed by atoms with van der Waals surface area (Å²) in [5, 5.41) is 12.5. The molecule has 2 rings (SSSR count). The molecule has 1 aliphatic rings. The summed E-state index contributed by atoms with van der Waals surface area (Å²) in [5.41, 5.74) is 2.08. The predicted octanol–water partition coefficient (Wildman–Crippen LogP) is 3.08. The van der Waals surface area contributed by atoms with E-state index < -0.39 is 0 Å². The fraction of sp³-hybridized carbons (Fsp3) is 0.588. The first-order valence-electron chi connectivity index (χ1n) is 7.80. The normalized spacial score (nSPS) is 17.6. The minimum atomic E-state index is 0.469. The molecule has 0 unspecified atom stereocenters. The van der Waals surface area contributed by atoms with Gasteiger partial charge < -0.3 is 5.32 Å². The second-order valence-electron chi connectivity index (χ2n) is 5.53. The first-order chi connectivity index (χ1) is 9.85. The fourth-order valence-corrected chi connectivity index (χ4v) is 2.96. The van der Waals surface area contributed by atoms with Crippen LogP contribution in [0, 0.1) is 11.3 Å². The van der Waals surface area contributed by atoms with Crippen LogP contribution < -0.4 is 5.32 Å². The Balaban J connectivity index is 2.13. The van der Waals surface area contributed by atoms with Crippen LogP contribution in [0.1, 0.15) is 49.8 Å². The van der Waals surface area contributed by atoms with E-state index in [0.717, 1.165) is 31.7 Å². The molecule has 1 N–H and O–H groups in total. The van der Waals surface area contributed by atoms with Crippen molar-refractivity contribution < 1.29 is 0 Å². The Morgan fingerprint density at radius 1 is 1.30 bits per heavy atom. The molecule has 3 heteroatoms. The highest BCUT2D eigenvalue weighted by atomic mass is 15.2. The zero-order valence-electron chi connectivity index (χ0n) is 12.4. The highest BCUT2D eigenvalue weighted by Gasteiger charge is 2.21. The third kappa shape index (κ3) is 4.06. The zero-order chi connectivity index (χ0) is 14.2. The van der Waals surface area contributed by atoms with E-state index in [0.29, 0.717) is 6.04 Å². The third-order valence-electron chi connectivity index (χ3n) is 4.07. The van der Waals surface area contributed by atoms with Crippen LogP contribution in [0.4, 0.5) is 0 Å². The average Bonchev–Trinajstić information content (AvgIpc) is 2.52. The van der Waals surface area contributed by atoms with Crippen LogP contribution in [0.2, 0.25) is 0 Å². The number of benzene rings is 1. The highest BCUT2D eigenvalue weighted by molar-refractivity contribution is 5.34. The maximum absolute atomic E-state index is 9.09. The van der Waals surface area contributed by atoms with Gasteiger partial charge in [-0.15, -0.1) is 0 Å². The van der Waals surface area contributed by atoms with Crippen LogP contribution >= 0.6 is 0 Å². The van der Waals surface area contributed by atoms with Crippen molar-refractivity contribution in [2.75, 3.05) is 26.2 Å². The summed E-state index contributed by atoms with van der Waals surface area (Å²) in [5.74, 6) is 0. The molecular weight excluding hydrogens is 246 g/mol. The second kappa shape index (κ2) is 8.04. The van der Waals surface area contributed by atoms with E-state index in [1.807, 2.05) is 12.1 Å². The Morgan fingerprint density at radius 2 is 2.10 bits per heavy atom. The Bertz CT molecular complexity index is 444. The SMILES string of the molecule is CCCCC[C@@H](c1cccc(C#N)c1)N1CCNCC1. The van der Waals surface area contributed by atoms with Crippen molar-refractivity contribution in [2.45, 2.75) is 38.6 Å². The molecule has 1 aromatic rings. The Morgan fingerprint density at radius 3 is 2.80 bits per heavy atom. The second-order valence-corrected chi connectivity index (χ2v) is 5.53. The predicted molar refractivity (Wildman–Crippen MR) is 82.5 cm³/mol. The lowest BCUT2D eigenvalue weighted by molar-refractivity contribution is 0.162. The number of nitrogens with one attached hydrogen (secondary N) is 1. The lowest BCUT2D eigenvalue weighted by atomic mass is 9.97. The number of unbranched alkanes of at least 4 members (excludes halogenated alkanes) is 2. The molecule has 0 radical (unpaired) electrons. The highest BCUT2D eigenvalue weighted by Crippen LogP contribution is 2.27. The first kappa shape index (κ1) is 15.0. The molecule has 1 fully saturated rings. The molecule has 0 aromatic heterocycles. The van der Waals surface area contributed by atoms with E-state index in [2.05, 4.69) is 35.3 Å². The largest absolute Gasteiger partial charge is 0.314 e. The summed E-state index contributed by atoms with van der Waals surface area (Å²) in [6.07, 6.45) is 5.01. The molecule has 20 heavy (non-hydrogen) atoms. The van der Waals surface area contributed by atoms with Gasteiger partial charge in [0.2, 0.25) is 0 Å². The molecule has 1 saturated heterocycles. The summed E-state index contributed by atoms with van der Waals surface area (Å²) in [6.45, 7) is 6.60. The molecule has 0 bridgehead atoms. The maximum atomic E-state index is 9.09. The van der Waals surface area contributed by atoms with Gasteiger partial charge >= 0.3 is 0 Å². The molecule has 0 amide bonds. The maximum Gasteiger partial charge on any atom is 0.0991 e. The van der Waals surface area contributed by atoms with E-state index >= 15 is 0 Å². The molecule has 1 heterocycles. The number of nitrogens with zero attached hydrogens (tertiary/aromatic N) is 2. The molecular formula is C17H25N3. The fourth-order valence-electron chi connectivity index (χ4n) is 2.96. The average molecular weight is 271 g/mol. The van der Waals surface area contributed by atoms with E-state index in [1.54, 1.807) is 0 Å². The van der Waals surface area contributed by atoms with Crippen molar-refractivity contribution in [2.24, 2.45) is 0 Å². The number of nitriles is 1. The van der Waals surface area contributed by atoms with Gasteiger partial charge in [-0.3, -0.25) is 4.90 Å². The number of hydrogen-bond acceptors (Lipinski definition) is 3. The van der Waals surface area contributed by atoms with Gasteiger partial charge in [0.05, 0.1) is 11.6 Å². The monoisotopic (exact) mass is 271 g/mol. The minimum absolute atomic E-state index is 0.469. The van der Waals surface area contributed by atoms with Crippen LogP contribution in [-0.4, -0.2) is 31.1 Å². The van der Waals surface area contributed by atoms with E-state index in [-0.39, 0.29) is 0 Å². The third-order valence-corrected chi connectivity index (χ3v) is 4.07. The van der Waals surface area contributed by atoms with Crippen LogP contribution in [0.25, 0.3) is 0 Å². The summed E-state index contributed by atoms with van der Waals surface area (Å²) in [4.78, 5) is 2.57. The number of piperazine rings is 1. The topological polar surface area (TPSA) is 39.1 Å². The van der Waals surface area contributed by atoms with Gasteiger partial charge in [-0.1, -0.05) is 38.3 Å². The zero-order valence-corrected chi connectivity index (χ0v) is 12.4. The van der Waals surface area contributed by atoms with Gasteiger partial charge in [-0.05, 0) is 24.1 Å². The van der Waals surface area contributed by atoms with Crippen LogP contribution in [-0.2, 0) is 0 Å². The molecule has 0 aliphatic carbocycles. The quantitative estimate of drug-likeness (QED) is 0.808. The van der Waals surface area contributed by atoms with E-state index in [4.69, 9.17) is 5.26 Å². The number of hydrogen-bond donors (Lipinski definition) is 1. The molecule has 0 saturated carbocycles. The molecule has 1 aliphatic heterocycles. The van der Waals surface area contributed by atoms with Gasteiger partial charge in [0.15, 0.2) is 0 Å². The summed E-state index contributed by atoms with van der Waals surface area (Å²) in [6, 6.07) is 10.9. The van der Waals surface area contributed by atoms with Gasteiger partial charge in [-0.2, -0.15) is 5.26 Å². The standard InChI is InChI=1S/C17H25N3/c1-2-3-4-8-17(20-11-9-19-10-12-20)16-7-5-6-15(13-16)14-18/h5-7,13,17,19H,2-4,8-12H2,1H3/t17-/m0/s1. The van der Waals surface area contributed by atoms with Crippen molar-refractivity contribution in [1.29, 1.82) is 5.26 Å². The molecule has 1 atom stereocenters. The van der Waals surface area contributed by atoms with Gasteiger partial charge in [0, 0.05) is 32.2 Å². The summed E-state index contributed by atoms with van der Waals surface area (Å²) < 4.78 is 0. The van der Waals surface area contributed by atoms with Crippen molar-refractivity contribution in [1.82, 2.24) is 10.2 Å². The lowest BCUT2D eigenvalue weighted by Gasteiger charge is -2.35. The summed E-state index contributed by atoms with van der Waals surface area (Å²) in [7, 11) is 0. The smallest absolute Gasteiger partial charge is 0.0991 e. The van der Waals surface area contributed by atoms with Crippen molar-refractivity contribution in [3.8, 4) is 6.07 Å². The van der Waals surface area contributed by atoms with Crippen LogP contribution in [0.3, 0.4) is 0 Å². The van der Waals surface area contributed by atoms with Crippen molar-refractivity contribution >= 4 is 0 Å². The molecule has 3 nitrogen and oxygen atoms in total. The van der Waals surface area contributed by atoms with Crippen LogP contribution in [0.15, 0.2) is 24.3 Å². The molecule has 1 aromatic carbocycles. The Kier molecular flexibility index (Phi) is 6.04.